The Balaban J connectivity index is 1.56. The second kappa shape index (κ2) is 8.02. The Morgan fingerprint density at radius 2 is 1.78 bits per heavy atom. The molecule has 0 bridgehead atoms. The summed E-state index contributed by atoms with van der Waals surface area (Å²) in [5.74, 6) is 2.23. The fraction of sp³-hybridized carbons (Fsp3) is 0.167. The van der Waals surface area contributed by atoms with Crippen LogP contribution in [-0.4, -0.2) is 24.1 Å². The average Bonchev–Trinajstić information content (AvgIpc) is 2.76. The number of nitrogen functional groups attached to an aromatic ring is 1. The summed E-state index contributed by atoms with van der Waals surface area (Å²) in [6, 6.07) is 14.5. The number of hydrogen-bond acceptors (Lipinski definition) is 4. The first kappa shape index (κ1) is 21.4. The summed E-state index contributed by atoms with van der Waals surface area (Å²) < 4.78 is 43.9. The lowest BCUT2D eigenvalue weighted by Gasteiger charge is -2.42. The number of nitrogens with one attached hydrogen (secondary N) is 1. The average molecular weight is 437 g/mol. The minimum atomic E-state index is -4.51. The van der Waals surface area contributed by atoms with E-state index >= 15 is 0 Å². The molecule has 1 aliphatic rings. The number of carbonyl (C=O) groups is 1. The fourth-order valence-electron chi connectivity index (χ4n) is 3.45. The maximum Gasteiger partial charge on any atom is 0.417 e. The Labute approximate surface area is 182 Å². The van der Waals surface area contributed by atoms with Crippen molar-refractivity contribution in [2.75, 3.05) is 18.9 Å². The third kappa shape index (κ3) is 4.03. The zero-order chi connectivity index (χ0) is 22.9. The lowest BCUT2D eigenvalue weighted by Crippen LogP contribution is -2.59. The van der Waals surface area contributed by atoms with Gasteiger partial charge < -0.3 is 15.8 Å². The predicted molar refractivity (Wildman–Crippen MR) is 113 cm³/mol. The third-order valence-corrected chi connectivity index (χ3v) is 5.32. The van der Waals surface area contributed by atoms with Crippen molar-refractivity contribution in [2.45, 2.75) is 11.7 Å². The van der Waals surface area contributed by atoms with Crippen LogP contribution in [0.3, 0.4) is 0 Å². The van der Waals surface area contributed by atoms with Crippen molar-refractivity contribution in [1.82, 2.24) is 10.3 Å². The van der Waals surface area contributed by atoms with E-state index in [2.05, 4.69) is 16.2 Å². The number of ether oxygens (including phenoxy) is 1. The SMILES string of the molecule is C#Cc1ccc(C(=O)NC2(c3ccc(-c4ncc(C(F)(F)F)cc4N)cc3)COC2)cc1. The molecule has 0 aliphatic carbocycles. The lowest BCUT2D eigenvalue weighted by atomic mass is 9.86. The minimum absolute atomic E-state index is 0.0713. The summed E-state index contributed by atoms with van der Waals surface area (Å²) in [6.45, 7) is 0.586. The van der Waals surface area contributed by atoms with Gasteiger partial charge in [-0.15, -0.1) is 6.42 Å². The van der Waals surface area contributed by atoms with Crippen molar-refractivity contribution >= 4 is 11.6 Å². The Morgan fingerprint density at radius 3 is 2.28 bits per heavy atom. The summed E-state index contributed by atoms with van der Waals surface area (Å²) in [5.41, 5.74) is 6.88. The van der Waals surface area contributed by atoms with Crippen molar-refractivity contribution in [1.29, 1.82) is 0 Å². The van der Waals surface area contributed by atoms with Crippen molar-refractivity contribution in [2.24, 2.45) is 0 Å². The first-order chi connectivity index (χ1) is 15.2. The number of hydrogen-bond donors (Lipinski definition) is 2. The number of nitrogens with two attached hydrogens (primary N) is 1. The van der Waals surface area contributed by atoms with Crippen LogP contribution in [0.25, 0.3) is 11.3 Å². The van der Waals surface area contributed by atoms with E-state index in [1.807, 2.05) is 0 Å². The van der Waals surface area contributed by atoms with Crippen molar-refractivity contribution in [3.8, 4) is 23.6 Å². The highest BCUT2D eigenvalue weighted by atomic mass is 19.4. The molecule has 1 amide bonds. The highest BCUT2D eigenvalue weighted by molar-refractivity contribution is 5.95. The molecule has 0 radical (unpaired) electrons. The molecule has 5 nitrogen and oxygen atoms in total. The first-order valence-corrected chi connectivity index (χ1v) is 9.62. The number of benzene rings is 2. The Bertz CT molecular complexity index is 1190. The molecule has 0 unspecified atom stereocenters. The van der Waals surface area contributed by atoms with Crippen LogP contribution in [0.2, 0.25) is 0 Å². The van der Waals surface area contributed by atoms with Gasteiger partial charge in [-0.3, -0.25) is 9.78 Å². The minimum Gasteiger partial charge on any atom is -0.397 e. The number of carbonyl (C=O) groups excluding carboxylic acids is 1. The van der Waals surface area contributed by atoms with Gasteiger partial charge in [-0.05, 0) is 35.9 Å². The molecule has 2 aromatic carbocycles. The maximum atomic E-state index is 12.8. The van der Waals surface area contributed by atoms with E-state index in [0.29, 0.717) is 29.9 Å². The van der Waals surface area contributed by atoms with Crippen LogP contribution in [0, 0.1) is 12.3 Å². The van der Waals surface area contributed by atoms with Gasteiger partial charge in [-0.25, -0.2) is 0 Å². The molecule has 1 aromatic heterocycles. The molecular formula is C24H18F3N3O2. The maximum absolute atomic E-state index is 12.8. The van der Waals surface area contributed by atoms with Gasteiger partial charge >= 0.3 is 6.18 Å². The quantitative estimate of drug-likeness (QED) is 0.606. The second-order valence-electron chi connectivity index (χ2n) is 7.49. The number of rotatable bonds is 4. The largest absolute Gasteiger partial charge is 0.417 e. The summed E-state index contributed by atoms with van der Waals surface area (Å²) in [7, 11) is 0. The molecule has 8 heteroatoms. The van der Waals surface area contributed by atoms with E-state index in [1.54, 1.807) is 48.5 Å². The van der Waals surface area contributed by atoms with Crippen LogP contribution in [-0.2, 0) is 16.5 Å². The zero-order valence-corrected chi connectivity index (χ0v) is 16.7. The molecule has 0 saturated carbocycles. The van der Waals surface area contributed by atoms with Crippen LogP contribution < -0.4 is 11.1 Å². The topological polar surface area (TPSA) is 77.2 Å². The number of aromatic nitrogens is 1. The second-order valence-corrected chi connectivity index (χ2v) is 7.49. The summed E-state index contributed by atoms with van der Waals surface area (Å²) in [6.07, 6.45) is 1.59. The molecule has 3 aromatic rings. The van der Waals surface area contributed by atoms with Crippen LogP contribution in [0.4, 0.5) is 18.9 Å². The number of terminal acetylenes is 1. The van der Waals surface area contributed by atoms with Gasteiger partial charge in [0.05, 0.1) is 30.2 Å². The van der Waals surface area contributed by atoms with Crippen molar-refractivity contribution in [3.05, 3.63) is 83.0 Å². The molecule has 2 heterocycles. The normalized spacial score (nSPS) is 14.8. The Morgan fingerprint density at radius 1 is 1.12 bits per heavy atom. The fourth-order valence-corrected chi connectivity index (χ4v) is 3.45. The summed E-state index contributed by atoms with van der Waals surface area (Å²) in [5, 5.41) is 3.01. The van der Waals surface area contributed by atoms with Crippen molar-refractivity contribution < 1.29 is 22.7 Å². The molecule has 0 spiro atoms. The molecule has 1 saturated heterocycles. The van der Waals surface area contributed by atoms with E-state index in [0.717, 1.165) is 17.8 Å². The van der Waals surface area contributed by atoms with Gasteiger partial charge in [0, 0.05) is 22.9 Å². The number of halogens is 3. The van der Waals surface area contributed by atoms with Gasteiger partial charge in [0.2, 0.25) is 0 Å². The highest BCUT2D eigenvalue weighted by Crippen LogP contribution is 2.35. The zero-order valence-electron chi connectivity index (χ0n) is 16.7. The van der Waals surface area contributed by atoms with Gasteiger partial charge in [0.15, 0.2) is 0 Å². The number of nitrogens with zero attached hydrogens (tertiary/aromatic N) is 1. The molecule has 3 N–H and O–H groups in total. The third-order valence-electron chi connectivity index (χ3n) is 5.32. The monoisotopic (exact) mass is 437 g/mol. The summed E-state index contributed by atoms with van der Waals surface area (Å²) >= 11 is 0. The van der Waals surface area contributed by atoms with E-state index in [-0.39, 0.29) is 17.3 Å². The van der Waals surface area contributed by atoms with Crippen LogP contribution in [0.1, 0.15) is 27.0 Å². The molecule has 1 aliphatic heterocycles. The van der Waals surface area contributed by atoms with E-state index in [9.17, 15) is 18.0 Å². The number of alkyl halides is 3. The van der Waals surface area contributed by atoms with Gasteiger partial charge in [0.25, 0.3) is 5.91 Å². The van der Waals surface area contributed by atoms with E-state index < -0.39 is 17.3 Å². The highest BCUT2D eigenvalue weighted by Gasteiger charge is 2.42. The van der Waals surface area contributed by atoms with E-state index in [1.165, 1.54) is 0 Å². The standard InChI is InChI=1S/C24H18F3N3O2/c1-2-15-3-5-17(6-4-15)22(31)30-23(13-32-14-23)18-9-7-16(8-10-18)21-20(28)11-19(12-29-21)24(25,26)27/h1,3-12H,13-14,28H2,(H,30,31). The molecule has 0 atom stereocenters. The number of amides is 1. The van der Waals surface area contributed by atoms with Gasteiger partial charge in [-0.1, -0.05) is 30.2 Å². The Hall–Kier alpha value is -3.83. The molecule has 4 rings (SSSR count). The predicted octanol–water partition coefficient (Wildman–Crippen LogP) is 3.99. The van der Waals surface area contributed by atoms with E-state index in [4.69, 9.17) is 16.9 Å². The smallest absolute Gasteiger partial charge is 0.397 e. The van der Waals surface area contributed by atoms with Gasteiger partial charge in [0.1, 0.15) is 5.54 Å². The Kier molecular flexibility index (Phi) is 5.36. The molecule has 32 heavy (non-hydrogen) atoms. The summed E-state index contributed by atoms with van der Waals surface area (Å²) in [4.78, 5) is 16.6. The van der Waals surface area contributed by atoms with Crippen molar-refractivity contribution in [3.63, 3.8) is 0 Å². The number of pyridine rings is 1. The van der Waals surface area contributed by atoms with Crippen LogP contribution in [0.15, 0.2) is 60.8 Å². The first-order valence-electron chi connectivity index (χ1n) is 9.62. The lowest BCUT2D eigenvalue weighted by molar-refractivity contribution is -0.137. The van der Waals surface area contributed by atoms with Gasteiger partial charge in [-0.2, -0.15) is 13.2 Å². The van der Waals surface area contributed by atoms with Crippen LogP contribution >= 0.6 is 0 Å². The molecular weight excluding hydrogens is 419 g/mol. The molecule has 162 valence electrons. The molecule has 1 fully saturated rings. The van der Waals surface area contributed by atoms with Crippen LogP contribution in [0.5, 0.6) is 0 Å². The number of anilines is 1.